The molecule has 2 aliphatic carbocycles. The summed E-state index contributed by atoms with van der Waals surface area (Å²) in [5.41, 5.74) is 6.83. The van der Waals surface area contributed by atoms with E-state index in [2.05, 4.69) is 33.0 Å². The van der Waals surface area contributed by atoms with Gasteiger partial charge in [0.25, 0.3) is 0 Å². The van der Waals surface area contributed by atoms with Crippen molar-refractivity contribution >= 4 is 0 Å². The van der Waals surface area contributed by atoms with Crippen LogP contribution >= 0.6 is 0 Å². The Bertz CT molecular complexity index is 294. The highest BCUT2D eigenvalue weighted by Crippen LogP contribution is 2.41. The molecule has 0 aromatic rings. The molecule has 0 spiro atoms. The summed E-state index contributed by atoms with van der Waals surface area (Å²) in [7, 11) is 0. The molecule has 0 aliphatic heterocycles. The molecule has 0 heterocycles. The minimum Gasteiger partial charge on any atom is -0.329 e. The zero-order valence-corrected chi connectivity index (χ0v) is 13.5. The normalized spacial score (nSPS) is 39.9. The Morgan fingerprint density at radius 2 is 1.89 bits per heavy atom. The Balaban J connectivity index is 1.89. The van der Waals surface area contributed by atoms with Gasteiger partial charge in [0.1, 0.15) is 0 Å². The molecule has 0 radical (unpaired) electrons. The van der Waals surface area contributed by atoms with Gasteiger partial charge < -0.3 is 11.1 Å². The molecule has 3 N–H and O–H groups in total. The first kappa shape index (κ1) is 15.3. The third kappa shape index (κ3) is 3.95. The smallest absolute Gasteiger partial charge is 0.0304 e. The number of hydrogen-bond acceptors (Lipinski definition) is 2. The summed E-state index contributed by atoms with van der Waals surface area (Å²) in [6.07, 6.45) is 8.02. The van der Waals surface area contributed by atoms with Crippen LogP contribution in [0.2, 0.25) is 0 Å². The van der Waals surface area contributed by atoms with Gasteiger partial charge in [-0.3, -0.25) is 0 Å². The number of nitrogens with two attached hydrogens (primary N) is 1. The third-order valence-electron chi connectivity index (χ3n) is 5.81. The fourth-order valence-electron chi connectivity index (χ4n) is 3.76. The van der Waals surface area contributed by atoms with E-state index in [4.69, 9.17) is 5.73 Å². The van der Waals surface area contributed by atoms with E-state index >= 15 is 0 Å². The van der Waals surface area contributed by atoms with E-state index in [1.165, 1.54) is 45.1 Å². The average molecular weight is 266 g/mol. The summed E-state index contributed by atoms with van der Waals surface area (Å²) < 4.78 is 0. The highest BCUT2D eigenvalue weighted by Gasteiger charge is 2.38. The van der Waals surface area contributed by atoms with Crippen molar-refractivity contribution in [3.63, 3.8) is 0 Å². The van der Waals surface area contributed by atoms with Crippen molar-refractivity contribution in [2.24, 2.45) is 28.9 Å². The largest absolute Gasteiger partial charge is 0.329 e. The lowest BCUT2D eigenvalue weighted by Gasteiger charge is -2.34. The van der Waals surface area contributed by atoms with Crippen LogP contribution in [0, 0.1) is 23.2 Å². The molecule has 2 aliphatic rings. The van der Waals surface area contributed by atoms with E-state index in [9.17, 15) is 0 Å². The van der Waals surface area contributed by atoms with Crippen LogP contribution in [0.15, 0.2) is 0 Å². The third-order valence-corrected chi connectivity index (χ3v) is 5.81. The number of nitrogens with one attached hydrogen (secondary N) is 1. The first-order chi connectivity index (χ1) is 8.86. The Morgan fingerprint density at radius 1 is 1.21 bits per heavy atom. The number of hydrogen-bond donors (Lipinski definition) is 2. The van der Waals surface area contributed by atoms with Crippen molar-refractivity contribution in [1.82, 2.24) is 5.32 Å². The maximum Gasteiger partial charge on any atom is 0.0304 e. The van der Waals surface area contributed by atoms with E-state index in [-0.39, 0.29) is 5.54 Å². The lowest BCUT2D eigenvalue weighted by Crippen LogP contribution is -2.51. The van der Waals surface area contributed by atoms with E-state index in [0.717, 1.165) is 24.3 Å². The molecule has 2 heteroatoms. The highest BCUT2D eigenvalue weighted by molar-refractivity contribution is 4.96. The first-order valence-electron chi connectivity index (χ1n) is 8.31. The fraction of sp³-hybridized carbons (Fsp3) is 1.00. The van der Waals surface area contributed by atoms with Crippen molar-refractivity contribution < 1.29 is 0 Å². The van der Waals surface area contributed by atoms with Crippen molar-refractivity contribution in [2.45, 2.75) is 71.8 Å². The average Bonchev–Trinajstić information content (AvgIpc) is 3.07. The molecule has 0 saturated heterocycles. The second-order valence-corrected chi connectivity index (χ2v) is 8.33. The molecule has 2 nitrogen and oxygen atoms in total. The van der Waals surface area contributed by atoms with Crippen LogP contribution in [0.1, 0.15) is 66.2 Å². The lowest BCUT2D eigenvalue weighted by molar-refractivity contribution is 0.206. The molecule has 2 saturated carbocycles. The molecule has 4 atom stereocenters. The van der Waals surface area contributed by atoms with Gasteiger partial charge in [-0.2, -0.15) is 0 Å². The molecule has 4 unspecified atom stereocenters. The van der Waals surface area contributed by atoms with Crippen LogP contribution in [0.4, 0.5) is 0 Å². The summed E-state index contributed by atoms with van der Waals surface area (Å²) in [6.45, 7) is 11.6. The van der Waals surface area contributed by atoms with Crippen LogP contribution in [-0.2, 0) is 0 Å². The summed E-state index contributed by atoms with van der Waals surface area (Å²) in [6, 6.07) is 0. The van der Waals surface area contributed by atoms with Gasteiger partial charge in [-0.05, 0) is 61.8 Å². The van der Waals surface area contributed by atoms with Gasteiger partial charge in [0.15, 0.2) is 0 Å². The highest BCUT2D eigenvalue weighted by atomic mass is 15.0. The molecule has 0 bridgehead atoms. The number of rotatable bonds is 4. The SMILES string of the molecule is CC1CC1CNC1(CN)CCCC(C(C)(C)C)CC1. The second-order valence-electron chi connectivity index (χ2n) is 8.33. The van der Waals surface area contributed by atoms with Gasteiger partial charge in [-0.25, -0.2) is 0 Å². The maximum atomic E-state index is 6.14. The van der Waals surface area contributed by atoms with Crippen LogP contribution in [-0.4, -0.2) is 18.6 Å². The molecule has 0 aromatic heterocycles. The monoisotopic (exact) mass is 266 g/mol. The Labute approximate surface area is 119 Å². The second kappa shape index (κ2) is 5.73. The van der Waals surface area contributed by atoms with Crippen molar-refractivity contribution in [2.75, 3.05) is 13.1 Å². The Morgan fingerprint density at radius 3 is 2.42 bits per heavy atom. The quantitative estimate of drug-likeness (QED) is 0.764. The first-order valence-corrected chi connectivity index (χ1v) is 8.31. The predicted molar refractivity (Wildman–Crippen MR) is 83.1 cm³/mol. The summed E-state index contributed by atoms with van der Waals surface area (Å²) >= 11 is 0. The summed E-state index contributed by atoms with van der Waals surface area (Å²) in [5, 5.41) is 3.86. The zero-order chi connectivity index (χ0) is 14.1. The van der Waals surface area contributed by atoms with E-state index in [1.54, 1.807) is 0 Å². The molecule has 0 amide bonds. The zero-order valence-electron chi connectivity index (χ0n) is 13.5. The van der Waals surface area contributed by atoms with Crippen molar-refractivity contribution in [3.8, 4) is 0 Å². The molecule has 19 heavy (non-hydrogen) atoms. The minimum atomic E-state index is 0.238. The van der Waals surface area contributed by atoms with Gasteiger partial charge in [-0.15, -0.1) is 0 Å². The molecular weight excluding hydrogens is 232 g/mol. The van der Waals surface area contributed by atoms with Crippen LogP contribution < -0.4 is 11.1 Å². The molecule has 112 valence electrons. The maximum absolute atomic E-state index is 6.14. The van der Waals surface area contributed by atoms with Crippen LogP contribution in [0.25, 0.3) is 0 Å². The molecule has 2 rings (SSSR count). The topological polar surface area (TPSA) is 38.0 Å². The Kier molecular flexibility index (Phi) is 4.62. The lowest BCUT2D eigenvalue weighted by atomic mass is 9.76. The summed E-state index contributed by atoms with van der Waals surface area (Å²) in [5.74, 6) is 2.73. The minimum absolute atomic E-state index is 0.238. The predicted octanol–water partition coefficient (Wildman–Crippen LogP) is 3.56. The van der Waals surface area contributed by atoms with Crippen molar-refractivity contribution in [1.29, 1.82) is 0 Å². The van der Waals surface area contributed by atoms with E-state index in [0.29, 0.717) is 5.41 Å². The van der Waals surface area contributed by atoms with Crippen LogP contribution in [0.5, 0.6) is 0 Å². The van der Waals surface area contributed by atoms with Gasteiger partial charge in [0.2, 0.25) is 0 Å². The summed E-state index contributed by atoms with van der Waals surface area (Å²) in [4.78, 5) is 0. The van der Waals surface area contributed by atoms with Gasteiger partial charge in [0, 0.05) is 12.1 Å². The Hall–Kier alpha value is -0.0800. The standard InChI is InChI=1S/C17H34N2/c1-13-10-14(13)11-19-17(12-18)8-5-6-15(7-9-17)16(2,3)4/h13-15,19H,5-12,18H2,1-4H3. The van der Waals surface area contributed by atoms with Gasteiger partial charge in [-0.1, -0.05) is 34.1 Å². The molecule has 2 fully saturated rings. The molecule has 0 aromatic carbocycles. The van der Waals surface area contributed by atoms with Crippen molar-refractivity contribution in [3.05, 3.63) is 0 Å². The van der Waals surface area contributed by atoms with E-state index in [1.807, 2.05) is 0 Å². The van der Waals surface area contributed by atoms with Crippen LogP contribution in [0.3, 0.4) is 0 Å². The molecular formula is C17H34N2. The van der Waals surface area contributed by atoms with E-state index < -0.39 is 0 Å². The fourth-order valence-corrected chi connectivity index (χ4v) is 3.76. The van der Waals surface area contributed by atoms with Gasteiger partial charge >= 0.3 is 0 Å². The van der Waals surface area contributed by atoms with Gasteiger partial charge in [0.05, 0.1) is 0 Å².